The molecule has 180 valence electrons. The highest BCUT2D eigenvalue weighted by Gasteiger charge is 2.50. The molecule has 35 heavy (non-hydrogen) atoms. The number of methoxy groups -OCH3 is 1. The zero-order valence-corrected chi connectivity index (χ0v) is 18.9. The van der Waals surface area contributed by atoms with Gasteiger partial charge in [0.15, 0.2) is 18.5 Å². The topological polar surface area (TPSA) is 97.4 Å². The van der Waals surface area contributed by atoms with Gasteiger partial charge in [-0.25, -0.2) is 14.4 Å². The van der Waals surface area contributed by atoms with Crippen molar-refractivity contribution < 1.29 is 38.1 Å². The summed E-state index contributed by atoms with van der Waals surface area (Å²) in [6.45, 7) is -0.250. The first-order chi connectivity index (χ1) is 17.1. The van der Waals surface area contributed by atoms with Gasteiger partial charge in [0.25, 0.3) is 0 Å². The van der Waals surface area contributed by atoms with Gasteiger partial charge in [0.2, 0.25) is 0 Å². The molecule has 0 aromatic heterocycles. The molecule has 4 atom stereocenters. The van der Waals surface area contributed by atoms with Crippen molar-refractivity contribution in [3.8, 4) is 0 Å². The molecule has 0 aliphatic carbocycles. The Kier molecular flexibility index (Phi) is 7.87. The fourth-order valence-corrected chi connectivity index (χ4v) is 3.63. The fourth-order valence-electron chi connectivity index (χ4n) is 3.63. The minimum atomic E-state index is -1.10. The van der Waals surface area contributed by atoms with Crippen molar-refractivity contribution in [1.29, 1.82) is 0 Å². The molecule has 1 aliphatic heterocycles. The van der Waals surface area contributed by atoms with E-state index >= 15 is 0 Å². The van der Waals surface area contributed by atoms with E-state index in [0.29, 0.717) is 16.7 Å². The summed E-state index contributed by atoms with van der Waals surface area (Å²) in [7, 11) is 1.38. The molecule has 1 heterocycles. The third-order valence-electron chi connectivity index (χ3n) is 5.39. The van der Waals surface area contributed by atoms with Gasteiger partial charge in [0.1, 0.15) is 12.7 Å². The summed E-state index contributed by atoms with van der Waals surface area (Å²) in [5, 5.41) is 0. The Bertz CT molecular complexity index is 1130. The molecule has 0 radical (unpaired) electrons. The van der Waals surface area contributed by atoms with Crippen molar-refractivity contribution in [1.82, 2.24) is 0 Å². The van der Waals surface area contributed by atoms with E-state index in [1.54, 1.807) is 91.0 Å². The molecule has 3 aromatic carbocycles. The Morgan fingerprint density at radius 2 is 1.09 bits per heavy atom. The van der Waals surface area contributed by atoms with Crippen LogP contribution in [-0.2, 0) is 23.7 Å². The molecule has 0 bridgehead atoms. The van der Waals surface area contributed by atoms with Crippen LogP contribution in [0.3, 0.4) is 0 Å². The van der Waals surface area contributed by atoms with Crippen molar-refractivity contribution in [2.75, 3.05) is 13.7 Å². The predicted octanol–water partition coefficient (Wildman–Crippen LogP) is 3.67. The number of ether oxygens (including phenoxy) is 5. The Morgan fingerprint density at radius 3 is 1.54 bits per heavy atom. The van der Waals surface area contributed by atoms with Crippen LogP contribution in [0.15, 0.2) is 91.0 Å². The summed E-state index contributed by atoms with van der Waals surface area (Å²) in [6.07, 6.45) is -4.17. The van der Waals surface area contributed by atoms with Gasteiger partial charge in [-0.3, -0.25) is 0 Å². The van der Waals surface area contributed by atoms with Crippen LogP contribution in [0, 0.1) is 0 Å². The Hall–Kier alpha value is -4.01. The lowest BCUT2D eigenvalue weighted by molar-refractivity contribution is -0.155. The van der Waals surface area contributed by atoms with Crippen LogP contribution < -0.4 is 0 Å². The monoisotopic (exact) mass is 476 g/mol. The molecule has 1 unspecified atom stereocenters. The summed E-state index contributed by atoms with van der Waals surface area (Å²) in [4.78, 5) is 38.0. The summed E-state index contributed by atoms with van der Waals surface area (Å²) >= 11 is 0. The van der Waals surface area contributed by atoms with Gasteiger partial charge in [-0.1, -0.05) is 54.6 Å². The van der Waals surface area contributed by atoms with Crippen molar-refractivity contribution in [3.05, 3.63) is 108 Å². The third kappa shape index (κ3) is 5.92. The first-order valence-electron chi connectivity index (χ1n) is 11.0. The van der Waals surface area contributed by atoms with Crippen molar-refractivity contribution in [3.63, 3.8) is 0 Å². The van der Waals surface area contributed by atoms with E-state index in [1.165, 1.54) is 7.11 Å². The Labute approximate surface area is 202 Å². The molecule has 0 saturated carbocycles. The second kappa shape index (κ2) is 11.4. The van der Waals surface area contributed by atoms with E-state index in [0.717, 1.165) is 0 Å². The first-order valence-corrected chi connectivity index (χ1v) is 11.0. The van der Waals surface area contributed by atoms with Gasteiger partial charge >= 0.3 is 17.9 Å². The number of benzene rings is 3. The average Bonchev–Trinajstić information content (AvgIpc) is 3.24. The molecule has 0 spiro atoms. The number of rotatable bonds is 8. The Balaban J connectivity index is 1.54. The van der Waals surface area contributed by atoms with E-state index in [9.17, 15) is 14.4 Å². The minimum absolute atomic E-state index is 0.250. The molecule has 8 nitrogen and oxygen atoms in total. The summed E-state index contributed by atoms with van der Waals surface area (Å²) in [5.74, 6) is -1.85. The first kappa shape index (κ1) is 24.1. The number of esters is 3. The molecular formula is C27H24O8. The highest BCUT2D eigenvalue weighted by Crippen LogP contribution is 2.29. The molecule has 1 aliphatic rings. The van der Waals surface area contributed by atoms with Gasteiger partial charge in [-0.2, -0.15) is 0 Å². The van der Waals surface area contributed by atoms with Gasteiger partial charge in [0.05, 0.1) is 16.7 Å². The predicted molar refractivity (Wildman–Crippen MR) is 124 cm³/mol. The van der Waals surface area contributed by atoms with Crippen LogP contribution in [0.25, 0.3) is 0 Å². The van der Waals surface area contributed by atoms with Crippen LogP contribution in [0.5, 0.6) is 0 Å². The van der Waals surface area contributed by atoms with Crippen molar-refractivity contribution in [2.45, 2.75) is 24.6 Å². The lowest BCUT2D eigenvalue weighted by Gasteiger charge is -2.24. The van der Waals surface area contributed by atoms with Crippen LogP contribution in [0.2, 0.25) is 0 Å². The molecule has 1 saturated heterocycles. The molecule has 0 N–H and O–H groups in total. The van der Waals surface area contributed by atoms with Crippen LogP contribution in [0.4, 0.5) is 0 Å². The SMILES string of the molecule is COC1O[C@H](COC(=O)c2ccccc2)[C@H](OC(=O)c2ccccc2)[C@H]1OC(=O)c1ccccc1. The molecule has 0 amide bonds. The van der Waals surface area contributed by atoms with Crippen molar-refractivity contribution in [2.24, 2.45) is 0 Å². The fraction of sp³-hybridized carbons (Fsp3) is 0.222. The standard InChI is InChI=1S/C27H24O8/c1-31-27-23(35-26(30)20-15-9-4-10-16-20)22(34-25(29)19-13-7-3-8-14-19)21(33-27)17-32-24(28)18-11-5-2-6-12-18/h2-16,21-23,27H,17H2,1H3/t21-,22+,23-,27?/m1/s1. The van der Waals surface area contributed by atoms with E-state index in [-0.39, 0.29) is 6.61 Å². The zero-order valence-electron chi connectivity index (χ0n) is 18.9. The highest BCUT2D eigenvalue weighted by molar-refractivity contribution is 5.90. The summed E-state index contributed by atoms with van der Waals surface area (Å²) in [5.41, 5.74) is 0.981. The van der Waals surface area contributed by atoms with Crippen LogP contribution >= 0.6 is 0 Å². The minimum Gasteiger partial charge on any atom is -0.459 e. The second-order valence-corrected chi connectivity index (χ2v) is 7.72. The number of carbonyl (C=O) groups excluding carboxylic acids is 3. The van der Waals surface area contributed by atoms with Gasteiger partial charge < -0.3 is 23.7 Å². The highest BCUT2D eigenvalue weighted by atomic mass is 16.7. The van der Waals surface area contributed by atoms with Gasteiger partial charge in [-0.15, -0.1) is 0 Å². The van der Waals surface area contributed by atoms with E-state index in [2.05, 4.69) is 0 Å². The Morgan fingerprint density at radius 1 is 0.657 bits per heavy atom. The molecule has 8 heteroatoms. The zero-order chi connectivity index (χ0) is 24.6. The maximum absolute atomic E-state index is 12.8. The summed E-state index contributed by atoms with van der Waals surface area (Å²) < 4.78 is 28.0. The van der Waals surface area contributed by atoms with Crippen molar-refractivity contribution >= 4 is 17.9 Å². The third-order valence-corrected chi connectivity index (χ3v) is 5.39. The lowest BCUT2D eigenvalue weighted by atomic mass is 10.1. The number of hydrogen-bond donors (Lipinski definition) is 0. The number of hydrogen-bond acceptors (Lipinski definition) is 8. The maximum Gasteiger partial charge on any atom is 0.338 e. The quantitative estimate of drug-likeness (QED) is 0.359. The molecule has 4 rings (SSSR count). The van der Waals surface area contributed by atoms with Crippen LogP contribution in [-0.4, -0.2) is 56.2 Å². The maximum atomic E-state index is 12.8. The van der Waals surface area contributed by atoms with E-state index < -0.39 is 42.5 Å². The molecule has 3 aromatic rings. The normalized spacial score (nSPS) is 21.2. The van der Waals surface area contributed by atoms with Crippen LogP contribution in [0.1, 0.15) is 31.1 Å². The van der Waals surface area contributed by atoms with Gasteiger partial charge in [0, 0.05) is 7.11 Å². The second-order valence-electron chi connectivity index (χ2n) is 7.72. The number of carbonyl (C=O) groups is 3. The molecule has 1 fully saturated rings. The largest absolute Gasteiger partial charge is 0.459 e. The lowest BCUT2D eigenvalue weighted by Crippen LogP contribution is -2.42. The summed E-state index contributed by atoms with van der Waals surface area (Å²) in [6, 6.07) is 25.2. The van der Waals surface area contributed by atoms with E-state index in [4.69, 9.17) is 23.7 Å². The molecular weight excluding hydrogens is 452 g/mol. The average molecular weight is 476 g/mol. The smallest absolute Gasteiger partial charge is 0.338 e. The van der Waals surface area contributed by atoms with Gasteiger partial charge in [-0.05, 0) is 36.4 Å². The van der Waals surface area contributed by atoms with E-state index in [1.807, 2.05) is 0 Å².